The smallest absolute Gasteiger partial charge is 0.177 e. The van der Waals surface area contributed by atoms with Crippen molar-refractivity contribution in [2.45, 2.75) is 0 Å². The molecule has 0 atom stereocenters. The van der Waals surface area contributed by atoms with E-state index in [1.54, 1.807) is 25.7 Å². The standard InChI is InChI=1S/C14H10N2O4/c1-17-13-8-3-5-18-12(8)11(7-2-4-19-14(7)13)9-6-10(15)16-20-9/h2-6H,1H3,(H2,15,16). The van der Waals surface area contributed by atoms with Gasteiger partial charge in [-0.25, -0.2) is 0 Å². The fourth-order valence-corrected chi connectivity index (χ4v) is 2.46. The lowest BCUT2D eigenvalue weighted by molar-refractivity contribution is 0.414. The van der Waals surface area contributed by atoms with E-state index in [0.29, 0.717) is 28.5 Å². The molecular weight excluding hydrogens is 260 g/mol. The monoisotopic (exact) mass is 270 g/mol. The van der Waals surface area contributed by atoms with Crippen LogP contribution in [0.4, 0.5) is 5.82 Å². The van der Waals surface area contributed by atoms with Crippen molar-refractivity contribution in [3.63, 3.8) is 0 Å². The van der Waals surface area contributed by atoms with Crippen LogP contribution in [0.15, 0.2) is 44.1 Å². The highest BCUT2D eigenvalue weighted by atomic mass is 16.5. The minimum atomic E-state index is 0.312. The highest BCUT2D eigenvalue weighted by molar-refractivity contribution is 6.12. The van der Waals surface area contributed by atoms with Crippen LogP contribution in [0, 0.1) is 0 Å². The number of nitrogen functional groups attached to an aromatic ring is 1. The number of nitrogens with zero attached hydrogens (tertiary/aromatic N) is 1. The van der Waals surface area contributed by atoms with Crippen LogP contribution in [0.25, 0.3) is 33.3 Å². The zero-order chi connectivity index (χ0) is 13.7. The van der Waals surface area contributed by atoms with E-state index in [1.807, 2.05) is 12.1 Å². The molecule has 3 aromatic heterocycles. The van der Waals surface area contributed by atoms with Crippen molar-refractivity contribution in [3.8, 4) is 17.1 Å². The Morgan fingerprint density at radius 1 is 1.10 bits per heavy atom. The van der Waals surface area contributed by atoms with Crippen LogP contribution in [-0.2, 0) is 0 Å². The average molecular weight is 270 g/mol. The Morgan fingerprint density at radius 3 is 2.55 bits per heavy atom. The molecular formula is C14H10N2O4. The lowest BCUT2D eigenvalue weighted by Gasteiger charge is -2.06. The third-order valence-corrected chi connectivity index (χ3v) is 3.26. The molecule has 0 saturated carbocycles. The molecule has 4 aromatic rings. The summed E-state index contributed by atoms with van der Waals surface area (Å²) in [5.41, 5.74) is 7.65. The van der Waals surface area contributed by atoms with Gasteiger partial charge in [-0.15, -0.1) is 0 Å². The van der Waals surface area contributed by atoms with E-state index >= 15 is 0 Å². The maximum Gasteiger partial charge on any atom is 0.177 e. The normalized spacial score (nSPS) is 11.4. The van der Waals surface area contributed by atoms with Gasteiger partial charge >= 0.3 is 0 Å². The van der Waals surface area contributed by atoms with E-state index < -0.39 is 0 Å². The molecule has 0 saturated heterocycles. The Hall–Kier alpha value is -2.89. The molecule has 3 heterocycles. The first kappa shape index (κ1) is 11.0. The first-order valence-electron chi connectivity index (χ1n) is 5.96. The number of benzene rings is 1. The van der Waals surface area contributed by atoms with Crippen molar-refractivity contribution in [1.29, 1.82) is 0 Å². The summed E-state index contributed by atoms with van der Waals surface area (Å²) < 4.78 is 21.8. The van der Waals surface area contributed by atoms with E-state index in [2.05, 4.69) is 5.16 Å². The molecule has 1 aromatic carbocycles. The summed E-state index contributed by atoms with van der Waals surface area (Å²) in [6, 6.07) is 5.30. The predicted octanol–water partition coefficient (Wildman–Crippen LogP) is 3.42. The number of methoxy groups -OCH3 is 1. The lowest BCUT2D eigenvalue weighted by atomic mass is 10.0. The number of rotatable bonds is 2. The van der Waals surface area contributed by atoms with E-state index in [9.17, 15) is 0 Å². The second kappa shape index (κ2) is 3.80. The van der Waals surface area contributed by atoms with Gasteiger partial charge in [-0.05, 0) is 12.1 Å². The van der Waals surface area contributed by atoms with Crippen molar-refractivity contribution in [1.82, 2.24) is 5.16 Å². The van der Waals surface area contributed by atoms with Crippen LogP contribution in [-0.4, -0.2) is 12.3 Å². The summed E-state index contributed by atoms with van der Waals surface area (Å²) in [6.45, 7) is 0. The van der Waals surface area contributed by atoms with Crippen LogP contribution >= 0.6 is 0 Å². The quantitative estimate of drug-likeness (QED) is 0.600. The van der Waals surface area contributed by atoms with Gasteiger partial charge in [0, 0.05) is 11.5 Å². The second-order valence-corrected chi connectivity index (χ2v) is 4.35. The molecule has 0 aliphatic heterocycles. The fourth-order valence-electron chi connectivity index (χ4n) is 2.46. The molecule has 0 radical (unpaired) electrons. The molecule has 6 nitrogen and oxygen atoms in total. The summed E-state index contributed by atoms with van der Waals surface area (Å²) in [6.07, 6.45) is 3.19. The van der Waals surface area contributed by atoms with E-state index in [1.165, 1.54) is 0 Å². The Bertz CT molecular complexity index is 864. The molecule has 0 amide bonds. The highest BCUT2D eigenvalue weighted by Crippen LogP contribution is 2.44. The van der Waals surface area contributed by atoms with Crippen LogP contribution < -0.4 is 10.5 Å². The van der Waals surface area contributed by atoms with Crippen molar-refractivity contribution >= 4 is 27.8 Å². The number of aromatic nitrogens is 1. The SMILES string of the molecule is COc1c2ccoc2c(-c2cc(N)no2)c2ccoc12. The van der Waals surface area contributed by atoms with Gasteiger partial charge in [0.15, 0.2) is 22.9 Å². The molecule has 0 unspecified atom stereocenters. The Kier molecular flexibility index (Phi) is 2.09. The molecule has 100 valence electrons. The van der Waals surface area contributed by atoms with Gasteiger partial charge in [0.25, 0.3) is 0 Å². The van der Waals surface area contributed by atoms with Gasteiger partial charge in [0.05, 0.1) is 30.6 Å². The van der Waals surface area contributed by atoms with Crippen molar-refractivity contribution in [2.75, 3.05) is 12.8 Å². The van der Waals surface area contributed by atoms with Crippen molar-refractivity contribution in [3.05, 3.63) is 30.7 Å². The van der Waals surface area contributed by atoms with Gasteiger partial charge in [0.2, 0.25) is 0 Å². The van der Waals surface area contributed by atoms with Crippen molar-refractivity contribution in [2.24, 2.45) is 0 Å². The number of fused-ring (bicyclic) bond motifs is 2. The number of furan rings is 2. The average Bonchev–Trinajstić information content (AvgIpc) is 3.15. The van der Waals surface area contributed by atoms with Gasteiger partial charge in [0.1, 0.15) is 5.58 Å². The minimum Gasteiger partial charge on any atom is -0.492 e. The third-order valence-electron chi connectivity index (χ3n) is 3.26. The molecule has 4 rings (SSSR count). The number of ether oxygens (including phenoxy) is 1. The first-order valence-corrected chi connectivity index (χ1v) is 5.96. The number of hydrogen-bond donors (Lipinski definition) is 1. The topological polar surface area (TPSA) is 87.6 Å². The van der Waals surface area contributed by atoms with Gasteiger partial charge in [-0.1, -0.05) is 5.16 Å². The molecule has 20 heavy (non-hydrogen) atoms. The Balaban J connectivity index is 2.22. The van der Waals surface area contributed by atoms with Gasteiger partial charge in [-0.2, -0.15) is 0 Å². The van der Waals surface area contributed by atoms with Gasteiger partial charge < -0.3 is 23.8 Å². The summed E-state index contributed by atoms with van der Waals surface area (Å²) in [7, 11) is 1.59. The third kappa shape index (κ3) is 1.30. The zero-order valence-corrected chi connectivity index (χ0v) is 10.5. The number of anilines is 1. The van der Waals surface area contributed by atoms with E-state index in [4.69, 9.17) is 23.8 Å². The summed E-state index contributed by atoms with van der Waals surface area (Å²) in [5, 5.41) is 5.34. The number of hydrogen-bond acceptors (Lipinski definition) is 6. The lowest BCUT2D eigenvalue weighted by Crippen LogP contribution is -1.87. The molecule has 2 N–H and O–H groups in total. The maximum absolute atomic E-state index is 5.63. The van der Waals surface area contributed by atoms with E-state index in [0.717, 1.165) is 16.3 Å². The molecule has 0 aliphatic carbocycles. The highest BCUT2D eigenvalue weighted by Gasteiger charge is 2.22. The molecule has 0 fully saturated rings. The molecule has 0 spiro atoms. The molecule has 6 heteroatoms. The van der Waals surface area contributed by atoms with Crippen LogP contribution in [0.3, 0.4) is 0 Å². The van der Waals surface area contributed by atoms with Crippen LogP contribution in [0.2, 0.25) is 0 Å². The van der Waals surface area contributed by atoms with E-state index in [-0.39, 0.29) is 0 Å². The second-order valence-electron chi connectivity index (χ2n) is 4.35. The summed E-state index contributed by atoms with van der Waals surface area (Å²) in [5.74, 6) is 1.47. The summed E-state index contributed by atoms with van der Waals surface area (Å²) in [4.78, 5) is 0. The minimum absolute atomic E-state index is 0.312. The van der Waals surface area contributed by atoms with Gasteiger partial charge in [-0.3, -0.25) is 0 Å². The largest absolute Gasteiger partial charge is 0.492 e. The molecule has 0 bridgehead atoms. The molecule has 0 aliphatic rings. The summed E-state index contributed by atoms with van der Waals surface area (Å²) >= 11 is 0. The predicted molar refractivity (Wildman–Crippen MR) is 72.4 cm³/mol. The maximum atomic E-state index is 5.63. The van der Waals surface area contributed by atoms with Crippen LogP contribution in [0.5, 0.6) is 5.75 Å². The first-order chi connectivity index (χ1) is 9.79. The Morgan fingerprint density at radius 2 is 1.85 bits per heavy atom. The Labute approximate surface area is 112 Å². The van der Waals surface area contributed by atoms with Crippen molar-refractivity contribution < 1.29 is 18.1 Å². The van der Waals surface area contributed by atoms with Crippen LogP contribution in [0.1, 0.15) is 0 Å². The zero-order valence-electron chi connectivity index (χ0n) is 10.5. The fraction of sp³-hybridized carbons (Fsp3) is 0.0714. The number of nitrogens with two attached hydrogens (primary N) is 1.